The van der Waals surface area contributed by atoms with E-state index in [1.54, 1.807) is 0 Å². The van der Waals surface area contributed by atoms with Crippen LogP contribution < -0.4 is 4.90 Å². The summed E-state index contributed by atoms with van der Waals surface area (Å²) in [6.45, 7) is 10.1. The van der Waals surface area contributed by atoms with E-state index in [9.17, 15) is 4.79 Å². The van der Waals surface area contributed by atoms with Gasteiger partial charge in [-0.2, -0.15) is 0 Å². The summed E-state index contributed by atoms with van der Waals surface area (Å²) in [7, 11) is 1.91. The average Bonchev–Trinajstić information content (AvgIpc) is 2.45. The number of carbonyl (C=O) groups excluding carboxylic acids is 1. The first kappa shape index (κ1) is 15.8. The second kappa shape index (κ2) is 6.04. The number of aryl methyl sites for hydroxylation is 1. The zero-order chi connectivity index (χ0) is 15.6. The Labute approximate surface area is 128 Å². The van der Waals surface area contributed by atoms with Crippen molar-refractivity contribution < 1.29 is 4.79 Å². The number of rotatable bonds is 2. The fourth-order valence-corrected chi connectivity index (χ4v) is 2.65. The van der Waals surface area contributed by atoms with Gasteiger partial charge in [-0.15, -0.1) is 0 Å². The van der Waals surface area contributed by atoms with E-state index in [1.807, 2.05) is 24.2 Å². The molecule has 0 saturated carbocycles. The van der Waals surface area contributed by atoms with Gasteiger partial charge in [-0.1, -0.05) is 0 Å². The first-order valence-corrected chi connectivity index (χ1v) is 7.74. The van der Waals surface area contributed by atoms with Crippen molar-refractivity contribution in [2.75, 3.05) is 25.0 Å². The van der Waals surface area contributed by atoms with E-state index < -0.39 is 0 Å². The van der Waals surface area contributed by atoms with Crippen LogP contribution in [0.5, 0.6) is 0 Å². The molecule has 21 heavy (non-hydrogen) atoms. The number of nitrogens with zero attached hydrogens (tertiary/aromatic N) is 3. The van der Waals surface area contributed by atoms with Crippen LogP contribution in [-0.4, -0.2) is 41.5 Å². The second-order valence-electron chi connectivity index (χ2n) is 7.02. The normalized spacial score (nSPS) is 16.9. The lowest BCUT2D eigenvalue weighted by Crippen LogP contribution is -2.48. The van der Waals surface area contributed by atoms with Crippen LogP contribution in [0.4, 0.5) is 5.82 Å². The van der Waals surface area contributed by atoms with E-state index in [-0.39, 0.29) is 17.4 Å². The molecule has 1 aliphatic heterocycles. The summed E-state index contributed by atoms with van der Waals surface area (Å²) in [5.74, 6) is 1.46. The van der Waals surface area contributed by atoms with Crippen molar-refractivity contribution in [1.29, 1.82) is 0 Å². The molecule has 1 aromatic rings. The molecule has 1 amide bonds. The quantitative estimate of drug-likeness (QED) is 0.840. The smallest absolute Gasteiger partial charge is 0.225 e. The molecule has 0 atom stereocenters. The molecule has 0 radical (unpaired) electrons. The molecule has 2 rings (SSSR count). The predicted molar refractivity (Wildman–Crippen MR) is 86.4 cm³/mol. The fourth-order valence-electron chi connectivity index (χ4n) is 2.65. The molecule has 1 aliphatic rings. The Hall–Kier alpha value is -1.58. The maximum atomic E-state index is 12.5. The van der Waals surface area contributed by atoms with E-state index in [4.69, 9.17) is 0 Å². The summed E-state index contributed by atoms with van der Waals surface area (Å²) < 4.78 is 0. The van der Waals surface area contributed by atoms with E-state index in [0.717, 1.165) is 31.7 Å². The minimum absolute atomic E-state index is 0.105. The topological polar surface area (TPSA) is 36.4 Å². The van der Waals surface area contributed by atoms with Gasteiger partial charge in [0.05, 0.1) is 0 Å². The number of pyridine rings is 1. The summed E-state index contributed by atoms with van der Waals surface area (Å²) in [5.41, 5.74) is 1.12. The highest BCUT2D eigenvalue weighted by molar-refractivity contribution is 5.79. The lowest BCUT2D eigenvalue weighted by molar-refractivity contribution is -0.139. The zero-order valence-electron chi connectivity index (χ0n) is 13.9. The number of aromatic nitrogens is 1. The summed E-state index contributed by atoms with van der Waals surface area (Å²) in [4.78, 5) is 21.1. The van der Waals surface area contributed by atoms with Gasteiger partial charge < -0.3 is 9.80 Å². The van der Waals surface area contributed by atoms with Gasteiger partial charge in [-0.25, -0.2) is 4.98 Å². The SMILES string of the molecule is Cc1ccnc(N2CCC(C(=O)N(C)C(C)(C)C)CC2)c1. The van der Waals surface area contributed by atoms with Gasteiger partial charge in [0.2, 0.25) is 5.91 Å². The maximum absolute atomic E-state index is 12.5. The fraction of sp³-hybridized carbons (Fsp3) is 0.647. The van der Waals surface area contributed by atoms with Gasteiger partial charge in [-0.05, 0) is 58.2 Å². The van der Waals surface area contributed by atoms with Gasteiger partial charge in [0.1, 0.15) is 5.82 Å². The van der Waals surface area contributed by atoms with E-state index in [0.29, 0.717) is 0 Å². The summed E-state index contributed by atoms with van der Waals surface area (Å²) in [6, 6.07) is 4.13. The van der Waals surface area contributed by atoms with Crippen LogP contribution in [0, 0.1) is 12.8 Å². The maximum Gasteiger partial charge on any atom is 0.225 e. The lowest BCUT2D eigenvalue weighted by Gasteiger charge is -2.38. The first-order valence-electron chi connectivity index (χ1n) is 7.74. The molecular weight excluding hydrogens is 262 g/mol. The second-order valence-corrected chi connectivity index (χ2v) is 7.02. The van der Waals surface area contributed by atoms with Crippen LogP contribution in [-0.2, 0) is 4.79 Å². The van der Waals surface area contributed by atoms with Crippen molar-refractivity contribution in [3.05, 3.63) is 23.9 Å². The highest BCUT2D eigenvalue weighted by Crippen LogP contribution is 2.25. The molecule has 0 aliphatic carbocycles. The molecule has 0 aromatic carbocycles. The van der Waals surface area contributed by atoms with Crippen molar-refractivity contribution >= 4 is 11.7 Å². The average molecular weight is 289 g/mol. The van der Waals surface area contributed by atoms with Crippen molar-refractivity contribution in [3.8, 4) is 0 Å². The molecule has 1 aromatic heterocycles. The molecule has 4 heteroatoms. The number of hydrogen-bond acceptors (Lipinski definition) is 3. The highest BCUT2D eigenvalue weighted by atomic mass is 16.2. The molecule has 2 heterocycles. The van der Waals surface area contributed by atoms with Crippen molar-refractivity contribution in [3.63, 3.8) is 0 Å². The van der Waals surface area contributed by atoms with Crippen LogP contribution in [0.15, 0.2) is 18.3 Å². The largest absolute Gasteiger partial charge is 0.357 e. The lowest BCUT2D eigenvalue weighted by atomic mass is 9.93. The molecule has 1 fully saturated rings. The Morgan fingerprint density at radius 3 is 2.48 bits per heavy atom. The van der Waals surface area contributed by atoms with Crippen LogP contribution >= 0.6 is 0 Å². The van der Waals surface area contributed by atoms with Gasteiger partial charge >= 0.3 is 0 Å². The van der Waals surface area contributed by atoms with Crippen LogP contribution in [0.25, 0.3) is 0 Å². The van der Waals surface area contributed by atoms with Crippen LogP contribution in [0.2, 0.25) is 0 Å². The van der Waals surface area contributed by atoms with Gasteiger partial charge in [-0.3, -0.25) is 4.79 Å². The molecule has 0 spiro atoms. The Morgan fingerprint density at radius 2 is 1.95 bits per heavy atom. The van der Waals surface area contributed by atoms with E-state index in [1.165, 1.54) is 5.56 Å². The van der Waals surface area contributed by atoms with E-state index in [2.05, 4.69) is 43.6 Å². The molecule has 0 unspecified atom stereocenters. The van der Waals surface area contributed by atoms with Gasteiger partial charge in [0.25, 0.3) is 0 Å². The third-order valence-electron chi connectivity index (χ3n) is 4.41. The Morgan fingerprint density at radius 1 is 1.33 bits per heavy atom. The van der Waals surface area contributed by atoms with Crippen molar-refractivity contribution in [2.24, 2.45) is 5.92 Å². The van der Waals surface area contributed by atoms with Crippen molar-refractivity contribution in [2.45, 2.75) is 46.1 Å². The summed E-state index contributed by atoms with van der Waals surface area (Å²) >= 11 is 0. The predicted octanol–water partition coefficient (Wildman–Crippen LogP) is 2.86. The van der Waals surface area contributed by atoms with Crippen LogP contribution in [0.3, 0.4) is 0 Å². The van der Waals surface area contributed by atoms with Crippen molar-refractivity contribution in [1.82, 2.24) is 9.88 Å². The van der Waals surface area contributed by atoms with Gasteiger partial charge in [0, 0.05) is 37.8 Å². The highest BCUT2D eigenvalue weighted by Gasteiger charge is 2.31. The molecular formula is C17H27N3O. The number of carbonyl (C=O) groups is 1. The molecule has 0 bridgehead atoms. The Balaban J connectivity index is 1.96. The van der Waals surface area contributed by atoms with Gasteiger partial charge in [0.15, 0.2) is 0 Å². The third-order valence-corrected chi connectivity index (χ3v) is 4.41. The standard InChI is InChI=1S/C17H27N3O/c1-13-6-9-18-15(12-13)20-10-7-14(8-11-20)16(21)19(5)17(2,3)4/h6,9,12,14H,7-8,10-11H2,1-5H3. The summed E-state index contributed by atoms with van der Waals surface area (Å²) in [6.07, 6.45) is 3.68. The molecule has 1 saturated heterocycles. The third kappa shape index (κ3) is 3.74. The number of amides is 1. The molecule has 0 N–H and O–H groups in total. The zero-order valence-corrected chi connectivity index (χ0v) is 13.9. The minimum atomic E-state index is -0.105. The minimum Gasteiger partial charge on any atom is -0.357 e. The molecule has 116 valence electrons. The first-order chi connectivity index (χ1) is 9.79. The van der Waals surface area contributed by atoms with E-state index >= 15 is 0 Å². The van der Waals surface area contributed by atoms with Crippen LogP contribution in [0.1, 0.15) is 39.2 Å². The Bertz CT molecular complexity index is 499. The monoisotopic (exact) mass is 289 g/mol. The number of hydrogen-bond donors (Lipinski definition) is 0. The number of piperidine rings is 1. The number of anilines is 1. The Kier molecular flexibility index (Phi) is 4.55. The molecule has 4 nitrogen and oxygen atoms in total. The summed E-state index contributed by atoms with van der Waals surface area (Å²) in [5, 5.41) is 0.